The van der Waals surface area contributed by atoms with Gasteiger partial charge in [-0.15, -0.1) is 0 Å². The SMILES string of the molecule is CN(CCCNCc1ccc(O)cc1)C1CCCCC1. The maximum atomic E-state index is 9.23. The molecule has 2 N–H and O–H groups in total. The van der Waals surface area contributed by atoms with E-state index in [-0.39, 0.29) is 0 Å². The van der Waals surface area contributed by atoms with E-state index < -0.39 is 0 Å². The molecule has 1 aromatic carbocycles. The molecule has 1 aromatic rings. The average Bonchev–Trinajstić information content (AvgIpc) is 2.49. The van der Waals surface area contributed by atoms with E-state index in [2.05, 4.69) is 17.3 Å². The highest BCUT2D eigenvalue weighted by atomic mass is 16.3. The molecular formula is C17H28N2O. The summed E-state index contributed by atoms with van der Waals surface area (Å²) in [6.07, 6.45) is 8.22. The number of phenolic OH excluding ortho intramolecular Hbond substituents is 1. The monoisotopic (exact) mass is 276 g/mol. The molecule has 0 amide bonds. The largest absolute Gasteiger partial charge is 0.508 e. The summed E-state index contributed by atoms with van der Waals surface area (Å²) in [7, 11) is 2.27. The van der Waals surface area contributed by atoms with Crippen LogP contribution in [0.15, 0.2) is 24.3 Å². The second-order valence-electron chi connectivity index (χ2n) is 5.97. The molecule has 112 valence electrons. The third-order valence-corrected chi connectivity index (χ3v) is 4.33. The van der Waals surface area contributed by atoms with Crippen LogP contribution >= 0.6 is 0 Å². The second kappa shape index (κ2) is 8.28. The highest BCUT2D eigenvalue weighted by molar-refractivity contribution is 5.25. The zero-order valence-corrected chi connectivity index (χ0v) is 12.6. The molecule has 0 atom stereocenters. The van der Waals surface area contributed by atoms with E-state index in [0.29, 0.717) is 5.75 Å². The van der Waals surface area contributed by atoms with Gasteiger partial charge in [-0.3, -0.25) is 0 Å². The molecule has 0 bridgehead atoms. The Hall–Kier alpha value is -1.06. The summed E-state index contributed by atoms with van der Waals surface area (Å²) < 4.78 is 0. The standard InChI is InChI=1S/C17H28N2O/c1-19(16-6-3-2-4-7-16)13-5-12-18-14-15-8-10-17(20)11-9-15/h8-11,16,18,20H,2-7,12-14H2,1H3. The Labute approximate surface area is 123 Å². The molecule has 1 fully saturated rings. The van der Waals surface area contributed by atoms with Gasteiger partial charge in [0.25, 0.3) is 0 Å². The van der Waals surface area contributed by atoms with Crippen molar-refractivity contribution in [1.29, 1.82) is 0 Å². The Morgan fingerprint density at radius 3 is 2.55 bits per heavy atom. The maximum absolute atomic E-state index is 9.23. The van der Waals surface area contributed by atoms with Crippen molar-refractivity contribution in [3.05, 3.63) is 29.8 Å². The van der Waals surface area contributed by atoms with Crippen LogP contribution in [0.5, 0.6) is 5.75 Å². The van der Waals surface area contributed by atoms with Crippen molar-refractivity contribution in [3.63, 3.8) is 0 Å². The fourth-order valence-electron chi connectivity index (χ4n) is 3.00. The Morgan fingerprint density at radius 2 is 1.85 bits per heavy atom. The molecule has 0 aliphatic heterocycles. The molecule has 2 rings (SSSR count). The maximum Gasteiger partial charge on any atom is 0.115 e. The van der Waals surface area contributed by atoms with Crippen LogP contribution in [-0.4, -0.2) is 36.2 Å². The molecule has 3 heteroatoms. The molecular weight excluding hydrogens is 248 g/mol. The van der Waals surface area contributed by atoms with Gasteiger partial charge in [0.2, 0.25) is 0 Å². The lowest BCUT2D eigenvalue weighted by Crippen LogP contribution is -2.35. The molecule has 1 aliphatic rings. The first-order chi connectivity index (χ1) is 9.75. The topological polar surface area (TPSA) is 35.5 Å². The van der Waals surface area contributed by atoms with Crippen LogP contribution in [0.25, 0.3) is 0 Å². The summed E-state index contributed by atoms with van der Waals surface area (Å²) >= 11 is 0. The van der Waals surface area contributed by atoms with Crippen molar-refractivity contribution >= 4 is 0 Å². The third-order valence-electron chi connectivity index (χ3n) is 4.33. The Morgan fingerprint density at radius 1 is 1.15 bits per heavy atom. The molecule has 1 aliphatic carbocycles. The Kier molecular flexibility index (Phi) is 6.34. The first kappa shape index (κ1) is 15.3. The first-order valence-electron chi connectivity index (χ1n) is 7.94. The van der Waals surface area contributed by atoms with Crippen LogP contribution in [0.4, 0.5) is 0 Å². The van der Waals surface area contributed by atoms with Gasteiger partial charge in [0.1, 0.15) is 5.75 Å². The summed E-state index contributed by atoms with van der Waals surface area (Å²) in [5.41, 5.74) is 1.23. The van der Waals surface area contributed by atoms with Crippen molar-refractivity contribution in [2.24, 2.45) is 0 Å². The minimum absolute atomic E-state index is 0.336. The van der Waals surface area contributed by atoms with Gasteiger partial charge < -0.3 is 15.3 Å². The predicted octanol–water partition coefficient (Wildman–Crippen LogP) is 3.14. The van der Waals surface area contributed by atoms with Crippen LogP contribution in [0.1, 0.15) is 44.1 Å². The number of phenols is 1. The molecule has 1 saturated carbocycles. The second-order valence-corrected chi connectivity index (χ2v) is 5.97. The molecule has 20 heavy (non-hydrogen) atoms. The summed E-state index contributed by atoms with van der Waals surface area (Å²) in [5.74, 6) is 0.336. The van der Waals surface area contributed by atoms with Crippen molar-refractivity contribution in [1.82, 2.24) is 10.2 Å². The zero-order chi connectivity index (χ0) is 14.2. The fraction of sp³-hybridized carbons (Fsp3) is 0.647. The number of nitrogens with one attached hydrogen (secondary N) is 1. The van der Waals surface area contributed by atoms with Gasteiger partial charge in [0.05, 0.1) is 0 Å². The highest BCUT2D eigenvalue weighted by Gasteiger charge is 2.16. The van der Waals surface area contributed by atoms with Crippen LogP contribution in [0.3, 0.4) is 0 Å². The highest BCUT2D eigenvalue weighted by Crippen LogP contribution is 2.21. The van der Waals surface area contributed by atoms with Crippen LogP contribution in [-0.2, 0) is 6.54 Å². The number of rotatable bonds is 7. The predicted molar refractivity (Wildman–Crippen MR) is 83.9 cm³/mol. The van der Waals surface area contributed by atoms with Crippen molar-refractivity contribution in [2.75, 3.05) is 20.1 Å². The van der Waals surface area contributed by atoms with E-state index in [9.17, 15) is 5.11 Å². The van der Waals surface area contributed by atoms with E-state index in [1.54, 1.807) is 12.1 Å². The van der Waals surface area contributed by atoms with Gasteiger partial charge in [-0.2, -0.15) is 0 Å². The van der Waals surface area contributed by atoms with Gasteiger partial charge in [-0.1, -0.05) is 31.4 Å². The summed E-state index contributed by atoms with van der Waals surface area (Å²) in [6, 6.07) is 8.25. The first-order valence-corrected chi connectivity index (χ1v) is 7.94. The Bertz CT molecular complexity index is 371. The van der Waals surface area contributed by atoms with E-state index in [4.69, 9.17) is 0 Å². The van der Waals surface area contributed by atoms with Gasteiger partial charge >= 0.3 is 0 Å². The molecule has 0 aromatic heterocycles. The lowest BCUT2D eigenvalue weighted by atomic mass is 9.94. The smallest absolute Gasteiger partial charge is 0.115 e. The molecule has 0 saturated heterocycles. The fourth-order valence-corrected chi connectivity index (χ4v) is 3.00. The van der Waals surface area contributed by atoms with Gasteiger partial charge in [-0.05, 0) is 57.1 Å². The molecule has 0 unspecified atom stereocenters. The van der Waals surface area contributed by atoms with Crippen LogP contribution < -0.4 is 5.32 Å². The van der Waals surface area contributed by atoms with Gasteiger partial charge in [0.15, 0.2) is 0 Å². The van der Waals surface area contributed by atoms with Crippen LogP contribution in [0, 0.1) is 0 Å². The minimum Gasteiger partial charge on any atom is -0.508 e. The number of nitrogens with zero attached hydrogens (tertiary/aromatic N) is 1. The quantitative estimate of drug-likeness (QED) is 0.751. The van der Waals surface area contributed by atoms with E-state index in [0.717, 1.165) is 19.1 Å². The molecule has 0 spiro atoms. The number of benzene rings is 1. The van der Waals surface area contributed by atoms with Gasteiger partial charge in [0, 0.05) is 12.6 Å². The number of hydrogen-bond acceptors (Lipinski definition) is 3. The van der Waals surface area contributed by atoms with E-state index >= 15 is 0 Å². The molecule has 0 radical (unpaired) electrons. The van der Waals surface area contributed by atoms with Gasteiger partial charge in [-0.25, -0.2) is 0 Å². The molecule has 3 nitrogen and oxygen atoms in total. The average molecular weight is 276 g/mol. The van der Waals surface area contributed by atoms with E-state index in [1.165, 1.54) is 50.6 Å². The molecule has 0 heterocycles. The number of hydrogen-bond donors (Lipinski definition) is 2. The Balaban J connectivity index is 1.55. The van der Waals surface area contributed by atoms with E-state index in [1.807, 2.05) is 12.1 Å². The van der Waals surface area contributed by atoms with Crippen molar-refractivity contribution in [3.8, 4) is 5.75 Å². The summed E-state index contributed by atoms with van der Waals surface area (Å²) in [6.45, 7) is 3.12. The summed E-state index contributed by atoms with van der Waals surface area (Å²) in [4.78, 5) is 2.54. The van der Waals surface area contributed by atoms with Crippen molar-refractivity contribution < 1.29 is 5.11 Å². The van der Waals surface area contributed by atoms with Crippen molar-refractivity contribution in [2.45, 2.75) is 51.1 Å². The lowest BCUT2D eigenvalue weighted by molar-refractivity contribution is 0.189. The zero-order valence-electron chi connectivity index (χ0n) is 12.6. The lowest BCUT2D eigenvalue weighted by Gasteiger charge is -2.31. The normalized spacial score (nSPS) is 16.7. The number of aromatic hydroxyl groups is 1. The summed E-state index contributed by atoms with van der Waals surface area (Å²) in [5, 5.41) is 12.7. The van der Waals surface area contributed by atoms with Crippen LogP contribution in [0.2, 0.25) is 0 Å². The third kappa shape index (κ3) is 5.14. The minimum atomic E-state index is 0.336.